The normalized spacial score (nSPS) is 14.2. The van der Waals surface area contributed by atoms with Gasteiger partial charge in [0.05, 0.1) is 12.9 Å². The zero-order chi connectivity index (χ0) is 26.7. The largest absolute Gasteiger partial charge is 0.497 e. The van der Waals surface area contributed by atoms with Crippen molar-refractivity contribution in [2.24, 2.45) is 0 Å². The van der Waals surface area contributed by atoms with E-state index in [4.69, 9.17) is 4.74 Å². The molecule has 1 N–H and O–H groups in total. The fourth-order valence-corrected chi connectivity index (χ4v) is 5.74. The van der Waals surface area contributed by atoms with Gasteiger partial charge in [0.2, 0.25) is 11.8 Å². The zero-order valence-corrected chi connectivity index (χ0v) is 23.2. The van der Waals surface area contributed by atoms with Gasteiger partial charge >= 0.3 is 0 Å². The molecule has 2 amide bonds. The monoisotopic (exact) mass is 530 g/mol. The number of rotatable bonds is 12. The minimum absolute atomic E-state index is 0.0217. The molecule has 0 aliphatic heterocycles. The van der Waals surface area contributed by atoms with Crippen molar-refractivity contribution in [1.29, 1.82) is 0 Å². The summed E-state index contributed by atoms with van der Waals surface area (Å²) >= 11 is 1.57. The van der Waals surface area contributed by atoms with Crippen molar-refractivity contribution in [1.82, 2.24) is 10.2 Å². The van der Waals surface area contributed by atoms with Crippen molar-refractivity contribution in [2.45, 2.75) is 63.4 Å². The van der Waals surface area contributed by atoms with Crippen LogP contribution in [0.5, 0.6) is 5.75 Å². The van der Waals surface area contributed by atoms with Gasteiger partial charge in [-0.15, -0.1) is 11.8 Å². The predicted octanol–water partition coefficient (Wildman–Crippen LogP) is 5.94. The maximum absolute atomic E-state index is 13.8. The van der Waals surface area contributed by atoms with Crippen molar-refractivity contribution in [2.75, 3.05) is 12.9 Å². The number of nitrogens with zero attached hydrogens (tertiary/aromatic N) is 1. The SMILES string of the molecule is COc1ccc(CSCC(=O)N(Cc2ccc(C)cc2)C(Cc2ccccc2)C(=O)NC2CCCC2)cc1. The molecule has 0 saturated heterocycles. The number of methoxy groups -OCH3 is 1. The second-order valence-electron chi connectivity index (χ2n) is 10.0. The first-order chi connectivity index (χ1) is 18.5. The Morgan fingerprint density at radius 3 is 2.24 bits per heavy atom. The number of carbonyl (C=O) groups excluding carboxylic acids is 2. The van der Waals surface area contributed by atoms with Crippen LogP contribution >= 0.6 is 11.8 Å². The average Bonchev–Trinajstić information content (AvgIpc) is 3.45. The van der Waals surface area contributed by atoms with Crippen molar-refractivity contribution >= 4 is 23.6 Å². The Bertz CT molecular complexity index is 1160. The molecule has 38 heavy (non-hydrogen) atoms. The van der Waals surface area contributed by atoms with Gasteiger partial charge in [0.15, 0.2) is 0 Å². The van der Waals surface area contributed by atoms with Crippen molar-refractivity contribution < 1.29 is 14.3 Å². The van der Waals surface area contributed by atoms with Crippen LogP contribution in [0.3, 0.4) is 0 Å². The lowest BCUT2D eigenvalue weighted by Gasteiger charge is -2.32. The van der Waals surface area contributed by atoms with E-state index in [1.54, 1.807) is 23.8 Å². The molecule has 1 aliphatic rings. The van der Waals surface area contributed by atoms with Gasteiger partial charge in [-0.05, 0) is 48.6 Å². The van der Waals surface area contributed by atoms with Gasteiger partial charge in [-0.3, -0.25) is 9.59 Å². The molecule has 1 aliphatic carbocycles. The molecule has 0 bridgehead atoms. The van der Waals surface area contributed by atoms with E-state index in [1.165, 1.54) is 5.56 Å². The number of hydrogen-bond donors (Lipinski definition) is 1. The predicted molar refractivity (Wildman–Crippen MR) is 155 cm³/mol. The molecule has 4 rings (SSSR count). The van der Waals surface area contributed by atoms with E-state index in [0.717, 1.165) is 48.1 Å². The highest BCUT2D eigenvalue weighted by molar-refractivity contribution is 7.99. The fraction of sp³-hybridized carbons (Fsp3) is 0.375. The Balaban J connectivity index is 1.54. The van der Waals surface area contributed by atoms with Gasteiger partial charge < -0.3 is 15.0 Å². The number of ether oxygens (including phenoxy) is 1. The summed E-state index contributed by atoms with van der Waals surface area (Å²) in [5, 5.41) is 3.27. The summed E-state index contributed by atoms with van der Waals surface area (Å²) in [5.41, 5.74) is 4.37. The summed E-state index contributed by atoms with van der Waals surface area (Å²) in [6.45, 7) is 2.45. The van der Waals surface area contributed by atoms with E-state index in [1.807, 2.05) is 54.6 Å². The highest BCUT2D eigenvalue weighted by atomic mass is 32.2. The van der Waals surface area contributed by atoms with Gasteiger partial charge in [0, 0.05) is 24.8 Å². The van der Waals surface area contributed by atoms with Gasteiger partial charge in [-0.25, -0.2) is 0 Å². The van der Waals surface area contributed by atoms with E-state index in [9.17, 15) is 9.59 Å². The van der Waals surface area contributed by atoms with Gasteiger partial charge in [-0.2, -0.15) is 0 Å². The molecule has 1 fully saturated rings. The molecule has 3 aromatic rings. The standard InChI is InChI=1S/C32H38N2O3S/c1-24-12-14-26(15-13-24)21-34(31(35)23-38-22-27-16-18-29(37-2)19-17-27)30(20-25-8-4-3-5-9-25)32(36)33-28-10-6-7-11-28/h3-5,8-9,12-19,28,30H,6-7,10-11,20-23H2,1-2H3,(H,33,36). The minimum atomic E-state index is -0.576. The van der Waals surface area contributed by atoms with Crippen LogP contribution in [-0.4, -0.2) is 41.7 Å². The molecule has 6 heteroatoms. The lowest BCUT2D eigenvalue weighted by Crippen LogP contribution is -2.52. The van der Waals surface area contributed by atoms with Crippen LogP contribution in [0, 0.1) is 6.92 Å². The lowest BCUT2D eigenvalue weighted by molar-refractivity contribution is -0.139. The van der Waals surface area contributed by atoms with E-state index >= 15 is 0 Å². The topological polar surface area (TPSA) is 58.6 Å². The molecule has 200 valence electrons. The average molecular weight is 531 g/mol. The lowest BCUT2D eigenvalue weighted by atomic mass is 10.0. The zero-order valence-electron chi connectivity index (χ0n) is 22.4. The molecule has 0 spiro atoms. The van der Waals surface area contributed by atoms with E-state index in [-0.39, 0.29) is 17.9 Å². The molecule has 0 radical (unpaired) electrons. The van der Waals surface area contributed by atoms with E-state index < -0.39 is 6.04 Å². The Morgan fingerprint density at radius 2 is 1.58 bits per heavy atom. The Kier molecular flexibility index (Phi) is 10.3. The summed E-state index contributed by atoms with van der Waals surface area (Å²) in [6.07, 6.45) is 4.78. The van der Waals surface area contributed by atoms with Crippen molar-refractivity contribution in [3.63, 3.8) is 0 Å². The number of nitrogens with one attached hydrogen (secondary N) is 1. The first-order valence-corrected chi connectivity index (χ1v) is 14.6. The van der Waals surface area contributed by atoms with Gasteiger partial charge in [0.25, 0.3) is 0 Å². The third-order valence-corrected chi connectivity index (χ3v) is 8.09. The molecule has 3 aromatic carbocycles. The number of thioether (sulfide) groups is 1. The highest BCUT2D eigenvalue weighted by Gasteiger charge is 2.32. The number of hydrogen-bond acceptors (Lipinski definition) is 4. The number of benzene rings is 3. The maximum Gasteiger partial charge on any atom is 0.243 e. The molecule has 5 nitrogen and oxygen atoms in total. The maximum atomic E-state index is 13.8. The Morgan fingerprint density at radius 1 is 0.921 bits per heavy atom. The first-order valence-electron chi connectivity index (χ1n) is 13.4. The van der Waals surface area contributed by atoms with Crippen LogP contribution in [0.4, 0.5) is 0 Å². The third-order valence-electron chi connectivity index (χ3n) is 7.10. The summed E-state index contributed by atoms with van der Waals surface area (Å²) in [6, 6.07) is 25.8. The summed E-state index contributed by atoms with van der Waals surface area (Å²) in [4.78, 5) is 29.3. The molecule has 0 heterocycles. The molecule has 1 atom stereocenters. The molecular formula is C32H38N2O3S. The Hall–Kier alpha value is -3.25. The quantitative estimate of drug-likeness (QED) is 0.315. The smallest absolute Gasteiger partial charge is 0.243 e. The van der Waals surface area contributed by atoms with Crippen molar-refractivity contribution in [3.8, 4) is 5.75 Å². The first kappa shape index (κ1) is 27.8. The van der Waals surface area contributed by atoms with Crippen LogP contribution < -0.4 is 10.1 Å². The van der Waals surface area contributed by atoms with Gasteiger partial charge in [0.1, 0.15) is 11.8 Å². The molecule has 1 unspecified atom stereocenters. The summed E-state index contributed by atoms with van der Waals surface area (Å²) in [5.74, 6) is 1.76. The van der Waals surface area contributed by atoms with E-state index in [0.29, 0.717) is 24.5 Å². The third kappa shape index (κ3) is 8.12. The van der Waals surface area contributed by atoms with Crippen LogP contribution in [0.25, 0.3) is 0 Å². The van der Waals surface area contributed by atoms with Crippen molar-refractivity contribution in [3.05, 3.63) is 101 Å². The van der Waals surface area contributed by atoms with E-state index in [2.05, 4.69) is 36.5 Å². The Labute approximate surface area is 231 Å². The number of carbonyl (C=O) groups is 2. The van der Waals surface area contributed by atoms with Crippen LogP contribution in [0.1, 0.15) is 47.9 Å². The second kappa shape index (κ2) is 14.1. The van der Waals surface area contributed by atoms with Crippen LogP contribution in [0.2, 0.25) is 0 Å². The molecule has 1 saturated carbocycles. The number of aryl methyl sites for hydroxylation is 1. The number of amides is 2. The highest BCUT2D eigenvalue weighted by Crippen LogP contribution is 2.22. The fourth-order valence-electron chi connectivity index (χ4n) is 4.87. The van der Waals surface area contributed by atoms with Gasteiger partial charge in [-0.1, -0.05) is 85.1 Å². The summed E-state index contributed by atoms with van der Waals surface area (Å²) in [7, 11) is 1.65. The van der Waals surface area contributed by atoms with Crippen LogP contribution in [0.15, 0.2) is 78.9 Å². The second-order valence-corrected chi connectivity index (χ2v) is 11.0. The van der Waals surface area contributed by atoms with Crippen LogP contribution in [-0.2, 0) is 28.3 Å². The minimum Gasteiger partial charge on any atom is -0.497 e. The molecule has 0 aromatic heterocycles. The molecular weight excluding hydrogens is 492 g/mol. The summed E-state index contributed by atoms with van der Waals surface area (Å²) < 4.78 is 5.25.